The molecular weight excluding hydrogens is 388 g/mol. The topological polar surface area (TPSA) is 70.2 Å². The van der Waals surface area contributed by atoms with Gasteiger partial charge in [-0.3, -0.25) is 4.79 Å². The molecule has 6 nitrogen and oxygen atoms in total. The summed E-state index contributed by atoms with van der Waals surface area (Å²) in [6.45, 7) is 3.30. The van der Waals surface area contributed by atoms with E-state index in [1.807, 2.05) is 54.9 Å². The molecule has 156 valence electrons. The Kier molecular flexibility index (Phi) is 5.37. The van der Waals surface area contributed by atoms with E-state index in [1.54, 1.807) is 0 Å². The number of hydrogen-bond donors (Lipinski definition) is 2. The number of pyridine rings is 1. The summed E-state index contributed by atoms with van der Waals surface area (Å²) in [5.41, 5.74) is 5.81. The largest absolute Gasteiger partial charge is 0.378 e. The zero-order valence-electron chi connectivity index (χ0n) is 17.2. The Morgan fingerprint density at radius 2 is 1.81 bits per heavy atom. The van der Waals surface area contributed by atoms with Gasteiger partial charge in [0.2, 0.25) is 5.91 Å². The van der Waals surface area contributed by atoms with Gasteiger partial charge in [-0.1, -0.05) is 30.3 Å². The summed E-state index contributed by atoms with van der Waals surface area (Å²) in [4.78, 5) is 22.7. The normalized spacial score (nSPS) is 14.0. The number of amides is 1. The van der Waals surface area contributed by atoms with Crippen LogP contribution in [0.4, 0.5) is 11.4 Å². The molecule has 3 heterocycles. The van der Waals surface area contributed by atoms with Gasteiger partial charge in [0.05, 0.1) is 19.6 Å². The predicted octanol–water partition coefficient (Wildman–Crippen LogP) is 4.25. The summed E-state index contributed by atoms with van der Waals surface area (Å²) in [5.74, 6) is -0.0508. The number of fused-ring (bicyclic) bond motifs is 1. The molecule has 2 N–H and O–H groups in total. The van der Waals surface area contributed by atoms with E-state index in [1.165, 1.54) is 0 Å². The van der Waals surface area contributed by atoms with E-state index in [2.05, 4.69) is 38.4 Å². The number of aromatic amines is 1. The first-order chi connectivity index (χ1) is 15.3. The summed E-state index contributed by atoms with van der Waals surface area (Å²) in [6, 6.07) is 20.2. The second-order valence-electron chi connectivity index (χ2n) is 7.67. The molecule has 1 saturated heterocycles. The maximum absolute atomic E-state index is 12.7. The number of benzene rings is 2. The Bertz CT molecular complexity index is 1180. The fourth-order valence-electron chi connectivity index (χ4n) is 3.95. The van der Waals surface area contributed by atoms with Crippen molar-refractivity contribution in [3.8, 4) is 11.1 Å². The Morgan fingerprint density at radius 1 is 1.03 bits per heavy atom. The Labute approximate surface area is 180 Å². The van der Waals surface area contributed by atoms with Crippen LogP contribution in [0.2, 0.25) is 0 Å². The fourth-order valence-corrected chi connectivity index (χ4v) is 3.95. The van der Waals surface area contributed by atoms with Gasteiger partial charge < -0.3 is 19.9 Å². The molecule has 0 saturated carbocycles. The van der Waals surface area contributed by atoms with Crippen LogP contribution >= 0.6 is 0 Å². The predicted molar refractivity (Wildman–Crippen MR) is 123 cm³/mol. The van der Waals surface area contributed by atoms with Crippen LogP contribution in [0.15, 0.2) is 73.1 Å². The van der Waals surface area contributed by atoms with Gasteiger partial charge in [-0.05, 0) is 41.5 Å². The maximum Gasteiger partial charge on any atom is 0.228 e. The average molecular weight is 412 g/mol. The van der Waals surface area contributed by atoms with Crippen LogP contribution in [0.1, 0.15) is 5.56 Å². The smallest absolute Gasteiger partial charge is 0.228 e. The van der Waals surface area contributed by atoms with Gasteiger partial charge in [0.1, 0.15) is 5.65 Å². The van der Waals surface area contributed by atoms with Crippen molar-refractivity contribution in [2.75, 3.05) is 36.5 Å². The molecule has 1 fully saturated rings. The van der Waals surface area contributed by atoms with E-state index in [9.17, 15) is 4.79 Å². The number of rotatable bonds is 5. The molecule has 4 aromatic rings. The van der Waals surface area contributed by atoms with Crippen molar-refractivity contribution in [1.29, 1.82) is 0 Å². The SMILES string of the molecule is O=C(Cc1c[nH]c2ncc(-c3ccccc3)cc12)Nc1ccc(N2CCOCC2)cc1. The highest BCUT2D eigenvalue weighted by Crippen LogP contribution is 2.25. The van der Waals surface area contributed by atoms with Crippen LogP contribution in [-0.4, -0.2) is 42.2 Å². The fraction of sp³-hybridized carbons (Fsp3) is 0.200. The number of H-pyrrole nitrogens is 1. The first kappa shape index (κ1) is 19.3. The van der Waals surface area contributed by atoms with E-state index in [-0.39, 0.29) is 12.3 Å². The number of ether oxygens (including phenoxy) is 1. The number of carbonyl (C=O) groups is 1. The van der Waals surface area contributed by atoms with Crippen molar-refractivity contribution < 1.29 is 9.53 Å². The number of anilines is 2. The molecule has 0 spiro atoms. The molecule has 6 heteroatoms. The molecule has 2 aromatic carbocycles. The number of nitrogens with one attached hydrogen (secondary N) is 2. The molecule has 1 aliphatic rings. The quantitative estimate of drug-likeness (QED) is 0.514. The number of carbonyl (C=O) groups excluding carboxylic acids is 1. The highest BCUT2D eigenvalue weighted by Gasteiger charge is 2.13. The maximum atomic E-state index is 12.7. The summed E-state index contributed by atoms with van der Waals surface area (Å²) >= 11 is 0. The molecule has 1 amide bonds. The standard InChI is InChI=1S/C25H24N4O2/c30-24(28-21-6-8-22(9-7-21)29-10-12-31-13-11-29)15-20-17-27-25-23(20)14-19(16-26-25)18-4-2-1-3-5-18/h1-9,14,16-17H,10-13,15H2,(H,26,27)(H,28,30). The van der Waals surface area contributed by atoms with E-state index < -0.39 is 0 Å². The van der Waals surface area contributed by atoms with E-state index in [0.717, 1.165) is 65.4 Å². The van der Waals surface area contributed by atoms with Gasteiger partial charge in [0, 0.05) is 47.8 Å². The number of hydrogen-bond acceptors (Lipinski definition) is 4. The highest BCUT2D eigenvalue weighted by atomic mass is 16.5. The molecular formula is C25H24N4O2. The third kappa shape index (κ3) is 4.29. The van der Waals surface area contributed by atoms with Gasteiger partial charge >= 0.3 is 0 Å². The van der Waals surface area contributed by atoms with E-state index in [4.69, 9.17) is 4.74 Å². The van der Waals surface area contributed by atoms with E-state index in [0.29, 0.717) is 0 Å². The molecule has 2 aromatic heterocycles. The van der Waals surface area contributed by atoms with Gasteiger partial charge in [-0.25, -0.2) is 4.98 Å². The molecule has 0 atom stereocenters. The second-order valence-corrected chi connectivity index (χ2v) is 7.67. The number of aromatic nitrogens is 2. The zero-order valence-corrected chi connectivity index (χ0v) is 17.2. The van der Waals surface area contributed by atoms with Crippen molar-refractivity contribution in [2.45, 2.75) is 6.42 Å². The van der Waals surface area contributed by atoms with Gasteiger partial charge in [-0.15, -0.1) is 0 Å². The lowest BCUT2D eigenvalue weighted by Crippen LogP contribution is -2.36. The molecule has 0 unspecified atom stereocenters. The minimum atomic E-state index is -0.0508. The van der Waals surface area contributed by atoms with Crippen molar-refractivity contribution >= 4 is 28.3 Å². The summed E-state index contributed by atoms with van der Waals surface area (Å²) in [5, 5.41) is 3.98. The lowest BCUT2D eigenvalue weighted by molar-refractivity contribution is -0.115. The van der Waals surface area contributed by atoms with Crippen LogP contribution in [0, 0.1) is 0 Å². The third-order valence-corrected chi connectivity index (χ3v) is 5.60. The highest BCUT2D eigenvalue weighted by molar-refractivity contribution is 5.96. The van der Waals surface area contributed by atoms with Crippen LogP contribution in [0.5, 0.6) is 0 Å². The van der Waals surface area contributed by atoms with Gasteiger partial charge in [-0.2, -0.15) is 0 Å². The van der Waals surface area contributed by atoms with Crippen LogP contribution in [0.25, 0.3) is 22.2 Å². The number of morpholine rings is 1. The molecule has 0 aliphatic carbocycles. The number of nitrogens with zero attached hydrogens (tertiary/aromatic N) is 2. The lowest BCUT2D eigenvalue weighted by Gasteiger charge is -2.28. The van der Waals surface area contributed by atoms with Crippen molar-refractivity contribution in [3.63, 3.8) is 0 Å². The molecule has 31 heavy (non-hydrogen) atoms. The summed E-state index contributed by atoms with van der Waals surface area (Å²) in [7, 11) is 0. The van der Waals surface area contributed by atoms with Gasteiger partial charge in [0.15, 0.2) is 0 Å². The van der Waals surface area contributed by atoms with Crippen LogP contribution in [0.3, 0.4) is 0 Å². The van der Waals surface area contributed by atoms with Crippen molar-refractivity contribution in [2.24, 2.45) is 0 Å². The van der Waals surface area contributed by atoms with Crippen molar-refractivity contribution in [1.82, 2.24) is 9.97 Å². The van der Waals surface area contributed by atoms with Gasteiger partial charge in [0.25, 0.3) is 0 Å². The minimum absolute atomic E-state index is 0.0508. The molecule has 0 bridgehead atoms. The third-order valence-electron chi connectivity index (χ3n) is 5.60. The summed E-state index contributed by atoms with van der Waals surface area (Å²) < 4.78 is 5.40. The second kappa shape index (κ2) is 8.62. The lowest BCUT2D eigenvalue weighted by atomic mass is 10.0. The first-order valence-corrected chi connectivity index (χ1v) is 10.5. The first-order valence-electron chi connectivity index (χ1n) is 10.5. The van der Waals surface area contributed by atoms with Crippen molar-refractivity contribution in [3.05, 3.63) is 78.6 Å². The monoisotopic (exact) mass is 412 g/mol. The Hall–Kier alpha value is -3.64. The van der Waals surface area contributed by atoms with E-state index >= 15 is 0 Å². The molecule has 0 radical (unpaired) electrons. The molecule has 5 rings (SSSR count). The van der Waals surface area contributed by atoms with Crippen LogP contribution < -0.4 is 10.2 Å². The summed E-state index contributed by atoms with van der Waals surface area (Å²) in [6.07, 6.45) is 4.01. The minimum Gasteiger partial charge on any atom is -0.378 e. The Morgan fingerprint density at radius 3 is 2.58 bits per heavy atom. The zero-order chi connectivity index (χ0) is 21.0. The molecule has 1 aliphatic heterocycles. The average Bonchev–Trinajstić information content (AvgIpc) is 3.22. The van der Waals surface area contributed by atoms with Crippen LogP contribution in [-0.2, 0) is 16.0 Å². The Balaban J connectivity index is 1.29.